The molecule has 3 fully saturated rings. The zero-order valence-corrected chi connectivity index (χ0v) is 21.3. The number of methoxy groups -OCH3 is 1. The van der Waals surface area contributed by atoms with Crippen LogP contribution in [0.15, 0.2) is 61.3 Å². The number of pyridine rings is 1. The molecule has 4 heterocycles. The van der Waals surface area contributed by atoms with Crippen LogP contribution in [0.2, 0.25) is 0 Å². The first-order chi connectivity index (χ1) is 18.3. The molecule has 4 nitrogen and oxygen atoms in total. The Morgan fingerprint density at radius 3 is 2.38 bits per heavy atom. The predicted molar refractivity (Wildman–Crippen MR) is 134 cm³/mol. The van der Waals surface area contributed by atoms with E-state index in [1.807, 2.05) is 6.08 Å². The molecule has 2 aromatic carbocycles. The molecule has 208 valence electrons. The Bertz CT molecular complexity index is 1360. The van der Waals surface area contributed by atoms with Crippen LogP contribution < -0.4 is 4.74 Å². The molecule has 5 atom stereocenters. The molecule has 10 heteroatoms. The van der Waals surface area contributed by atoms with Crippen LogP contribution in [0.5, 0.6) is 5.75 Å². The molecule has 4 unspecified atom stereocenters. The Kier molecular flexibility index (Phi) is 6.91. The average molecular weight is 552 g/mol. The van der Waals surface area contributed by atoms with Gasteiger partial charge in [0, 0.05) is 35.9 Å². The van der Waals surface area contributed by atoms with E-state index in [9.17, 15) is 31.4 Å². The molecule has 0 aliphatic carbocycles. The number of nitrogens with zero attached hydrogens (tertiary/aromatic N) is 2. The quantitative estimate of drug-likeness (QED) is 0.205. The van der Waals surface area contributed by atoms with Crippen molar-refractivity contribution in [3.8, 4) is 5.75 Å². The summed E-state index contributed by atoms with van der Waals surface area (Å²) in [5, 5.41) is 12.5. The second kappa shape index (κ2) is 9.82. The number of hydrogen-bond acceptors (Lipinski definition) is 3. The highest BCUT2D eigenvalue weighted by molar-refractivity contribution is 5.83. The molecule has 0 radical (unpaired) electrons. The summed E-state index contributed by atoms with van der Waals surface area (Å²) in [5.41, 5.74) is -1.47. The van der Waals surface area contributed by atoms with Gasteiger partial charge in [-0.1, -0.05) is 6.08 Å². The molecule has 39 heavy (non-hydrogen) atoms. The minimum absolute atomic E-state index is 0.0457. The van der Waals surface area contributed by atoms with E-state index < -0.39 is 35.6 Å². The zero-order chi connectivity index (χ0) is 28.2. The van der Waals surface area contributed by atoms with Gasteiger partial charge in [0.05, 0.1) is 36.8 Å². The number of alkyl halides is 6. The van der Waals surface area contributed by atoms with Crippen molar-refractivity contribution in [1.82, 2.24) is 4.98 Å². The van der Waals surface area contributed by atoms with E-state index in [4.69, 9.17) is 4.74 Å². The fourth-order valence-corrected chi connectivity index (χ4v) is 6.59. The Balaban J connectivity index is 1.60. The van der Waals surface area contributed by atoms with Crippen LogP contribution >= 0.6 is 0 Å². The topological polar surface area (TPSA) is 42.4 Å². The Labute approximate surface area is 222 Å². The second-order valence-corrected chi connectivity index (χ2v) is 10.7. The number of ether oxygens (including phenoxy) is 1. The number of aliphatic hydroxyl groups is 1. The zero-order valence-electron chi connectivity index (χ0n) is 21.3. The van der Waals surface area contributed by atoms with E-state index in [-0.39, 0.29) is 34.5 Å². The smallest absolute Gasteiger partial charge is 0.416 e. The van der Waals surface area contributed by atoms with Gasteiger partial charge >= 0.3 is 12.4 Å². The van der Waals surface area contributed by atoms with Crippen LogP contribution in [0.4, 0.5) is 26.3 Å². The van der Waals surface area contributed by atoms with Crippen molar-refractivity contribution < 1.29 is 40.7 Å². The second-order valence-electron chi connectivity index (χ2n) is 10.7. The first-order valence-electron chi connectivity index (χ1n) is 12.7. The van der Waals surface area contributed by atoms with Crippen molar-refractivity contribution in [3.05, 3.63) is 83.6 Å². The fourth-order valence-electron chi connectivity index (χ4n) is 6.59. The van der Waals surface area contributed by atoms with Gasteiger partial charge in [0.1, 0.15) is 24.4 Å². The normalized spacial score (nSPS) is 26.0. The van der Waals surface area contributed by atoms with Gasteiger partial charge in [0.15, 0.2) is 0 Å². The number of hydrogen-bond donors (Lipinski definition) is 1. The number of rotatable bonds is 6. The molecule has 3 saturated heterocycles. The van der Waals surface area contributed by atoms with E-state index in [2.05, 4.69) is 11.6 Å². The molecule has 2 bridgehead atoms. The van der Waals surface area contributed by atoms with Crippen molar-refractivity contribution >= 4 is 10.9 Å². The lowest BCUT2D eigenvalue weighted by Gasteiger charge is -2.58. The average Bonchev–Trinajstić information content (AvgIpc) is 2.90. The maximum atomic E-state index is 13.6. The van der Waals surface area contributed by atoms with Gasteiger partial charge < -0.3 is 14.3 Å². The number of quaternary nitrogens is 1. The van der Waals surface area contributed by atoms with E-state index in [0.29, 0.717) is 41.7 Å². The lowest BCUT2D eigenvalue weighted by molar-refractivity contribution is -0.984. The lowest BCUT2D eigenvalue weighted by atomic mass is 9.71. The molecule has 1 aromatic heterocycles. The Hall–Kier alpha value is -3.11. The van der Waals surface area contributed by atoms with E-state index in [1.165, 1.54) is 7.11 Å². The molecular weight excluding hydrogens is 522 g/mol. The highest BCUT2D eigenvalue weighted by Gasteiger charge is 2.54. The van der Waals surface area contributed by atoms with Gasteiger partial charge in [-0.15, -0.1) is 6.58 Å². The summed E-state index contributed by atoms with van der Waals surface area (Å²) in [6.07, 6.45) is -6.16. The van der Waals surface area contributed by atoms with Crippen molar-refractivity contribution in [1.29, 1.82) is 0 Å². The SMILES string of the molecule is C=CC1C[N+]2(Cc3cc(C(F)(F)F)cc(C(F)(F)F)c3)CCC1C[C@H]2C(O)c1ccnc2ccc(OC)cc12. The third kappa shape index (κ3) is 5.12. The highest BCUT2D eigenvalue weighted by atomic mass is 19.4. The summed E-state index contributed by atoms with van der Waals surface area (Å²) in [5.74, 6) is 0.843. The largest absolute Gasteiger partial charge is 0.497 e. The molecule has 3 aliphatic rings. The minimum Gasteiger partial charge on any atom is -0.497 e. The summed E-state index contributed by atoms with van der Waals surface area (Å²) in [4.78, 5) is 4.37. The molecule has 3 aromatic rings. The van der Waals surface area contributed by atoms with Gasteiger partial charge in [0.25, 0.3) is 0 Å². The van der Waals surface area contributed by atoms with Crippen molar-refractivity contribution in [2.45, 2.75) is 43.9 Å². The summed E-state index contributed by atoms with van der Waals surface area (Å²) in [6, 6.07) is 8.34. The number of aliphatic hydroxyl groups excluding tert-OH is 1. The summed E-state index contributed by atoms with van der Waals surface area (Å²) >= 11 is 0. The fraction of sp³-hybridized carbons (Fsp3) is 0.414. The van der Waals surface area contributed by atoms with E-state index >= 15 is 0 Å². The molecular formula is C29H29F6N2O2+. The monoisotopic (exact) mass is 551 g/mol. The number of halogens is 6. The first-order valence-corrected chi connectivity index (χ1v) is 12.7. The third-order valence-electron chi connectivity index (χ3n) is 8.49. The van der Waals surface area contributed by atoms with Crippen LogP contribution in [0.25, 0.3) is 10.9 Å². The first kappa shape index (κ1) is 27.5. The summed E-state index contributed by atoms with van der Waals surface area (Å²) in [6.45, 7) is 4.86. The van der Waals surface area contributed by atoms with Crippen LogP contribution in [-0.2, 0) is 18.9 Å². The molecule has 3 aliphatic heterocycles. The lowest BCUT2D eigenvalue weighted by Crippen LogP contribution is -2.67. The van der Waals surface area contributed by atoms with Crippen molar-refractivity contribution in [2.24, 2.45) is 11.8 Å². The number of benzene rings is 2. The van der Waals surface area contributed by atoms with E-state index in [1.54, 1.807) is 30.5 Å². The van der Waals surface area contributed by atoms with E-state index in [0.717, 1.165) is 18.6 Å². The third-order valence-corrected chi connectivity index (χ3v) is 8.49. The maximum absolute atomic E-state index is 13.6. The van der Waals surface area contributed by atoms with Gasteiger partial charge in [-0.25, -0.2) is 0 Å². The number of fused-ring (bicyclic) bond motifs is 4. The summed E-state index contributed by atoms with van der Waals surface area (Å²) in [7, 11) is 1.53. The summed E-state index contributed by atoms with van der Waals surface area (Å²) < 4.78 is 87.2. The molecule has 0 spiro atoms. The predicted octanol–water partition coefficient (Wildman–Crippen LogP) is 6.93. The Morgan fingerprint density at radius 1 is 1.08 bits per heavy atom. The highest BCUT2D eigenvalue weighted by Crippen LogP contribution is 2.48. The molecule has 0 saturated carbocycles. The minimum atomic E-state index is -4.93. The van der Waals surface area contributed by atoms with Crippen molar-refractivity contribution in [2.75, 3.05) is 20.2 Å². The van der Waals surface area contributed by atoms with Crippen molar-refractivity contribution in [3.63, 3.8) is 0 Å². The molecule has 0 amide bonds. The molecule has 6 rings (SSSR count). The number of aromatic nitrogens is 1. The van der Waals surface area contributed by atoms with Gasteiger partial charge in [-0.2, -0.15) is 26.3 Å². The van der Waals surface area contributed by atoms with Crippen LogP contribution in [0, 0.1) is 11.8 Å². The van der Waals surface area contributed by atoms with Gasteiger partial charge in [-0.05, 0) is 53.9 Å². The van der Waals surface area contributed by atoms with Gasteiger partial charge in [0.2, 0.25) is 0 Å². The standard InChI is InChI=1S/C29H29F6N2O2/c1-3-18-16-37(15-17-10-20(28(30,31)32)13-21(11-17)29(33,34)35)9-7-19(18)12-26(37)27(38)23-6-8-36-25-5-4-22(39-2)14-24(23)25/h3-6,8,10-11,13-14,18-19,26-27,38H,1,7,9,12,15-16H2,2H3/q+1/t18?,19?,26-,27?,37?/m0/s1. The molecule has 1 N–H and O–H groups in total. The van der Waals surface area contributed by atoms with Crippen LogP contribution in [0.3, 0.4) is 0 Å². The van der Waals surface area contributed by atoms with Gasteiger partial charge in [-0.3, -0.25) is 4.98 Å². The number of piperidine rings is 3. The Morgan fingerprint density at radius 2 is 1.77 bits per heavy atom. The van der Waals surface area contributed by atoms with Crippen LogP contribution in [0.1, 0.15) is 41.2 Å². The van der Waals surface area contributed by atoms with Crippen LogP contribution in [-0.4, -0.2) is 40.8 Å². The maximum Gasteiger partial charge on any atom is 0.416 e.